The van der Waals surface area contributed by atoms with Crippen molar-refractivity contribution in [1.29, 1.82) is 0 Å². The van der Waals surface area contributed by atoms with E-state index in [0.717, 1.165) is 12.1 Å². The van der Waals surface area contributed by atoms with Crippen molar-refractivity contribution < 1.29 is 22.3 Å². The number of rotatable bonds is 5. The summed E-state index contributed by atoms with van der Waals surface area (Å²) in [6.45, 7) is 0.543. The molecule has 0 aromatic heterocycles. The van der Waals surface area contributed by atoms with Crippen molar-refractivity contribution in [3.05, 3.63) is 59.9 Å². The van der Waals surface area contributed by atoms with Gasteiger partial charge in [0.15, 0.2) is 0 Å². The molecule has 2 aromatic carbocycles. The SMILES string of the molecule is Fc1cc(C(F)(F)F)ccc1NCCOc1ccccc1. The van der Waals surface area contributed by atoms with Crippen molar-refractivity contribution in [2.75, 3.05) is 18.5 Å². The van der Waals surface area contributed by atoms with E-state index in [-0.39, 0.29) is 18.8 Å². The molecule has 0 amide bonds. The molecule has 2 rings (SSSR count). The number of alkyl halides is 3. The number of hydrogen-bond acceptors (Lipinski definition) is 2. The first-order valence-corrected chi connectivity index (χ1v) is 6.25. The standard InChI is InChI=1S/C15H13F4NO/c16-13-10-11(15(17,18)19)6-7-14(13)20-8-9-21-12-4-2-1-3-5-12/h1-7,10,20H,8-9H2. The third-order valence-electron chi connectivity index (χ3n) is 2.73. The Bertz CT molecular complexity index is 584. The average Bonchev–Trinajstić information content (AvgIpc) is 2.45. The minimum Gasteiger partial charge on any atom is -0.492 e. The Morgan fingerprint density at radius 1 is 1.00 bits per heavy atom. The summed E-state index contributed by atoms with van der Waals surface area (Å²) in [5, 5.41) is 2.69. The van der Waals surface area contributed by atoms with Crippen molar-refractivity contribution in [3.63, 3.8) is 0 Å². The van der Waals surface area contributed by atoms with Crippen LogP contribution in [-0.4, -0.2) is 13.2 Å². The summed E-state index contributed by atoms with van der Waals surface area (Å²) >= 11 is 0. The van der Waals surface area contributed by atoms with Crippen LogP contribution < -0.4 is 10.1 Å². The predicted molar refractivity (Wildman–Crippen MR) is 71.8 cm³/mol. The van der Waals surface area contributed by atoms with E-state index in [2.05, 4.69) is 5.32 Å². The Hall–Kier alpha value is -2.24. The van der Waals surface area contributed by atoms with Gasteiger partial charge in [-0.05, 0) is 30.3 Å². The van der Waals surface area contributed by atoms with Gasteiger partial charge in [-0.3, -0.25) is 0 Å². The molecule has 0 aliphatic rings. The van der Waals surface area contributed by atoms with Crippen LogP contribution in [-0.2, 0) is 6.18 Å². The molecule has 0 aliphatic carbocycles. The zero-order chi connectivity index (χ0) is 15.3. The van der Waals surface area contributed by atoms with Crippen LogP contribution in [0.15, 0.2) is 48.5 Å². The molecule has 0 aliphatic heterocycles. The maximum absolute atomic E-state index is 13.5. The maximum atomic E-state index is 13.5. The number of para-hydroxylation sites is 1. The Morgan fingerprint density at radius 3 is 2.33 bits per heavy atom. The molecule has 21 heavy (non-hydrogen) atoms. The first-order valence-electron chi connectivity index (χ1n) is 6.25. The zero-order valence-corrected chi connectivity index (χ0v) is 11.0. The van der Waals surface area contributed by atoms with Gasteiger partial charge >= 0.3 is 6.18 Å². The molecule has 0 saturated carbocycles. The largest absolute Gasteiger partial charge is 0.492 e. The molecule has 0 radical (unpaired) electrons. The second kappa shape index (κ2) is 6.47. The van der Waals surface area contributed by atoms with Gasteiger partial charge in [0.1, 0.15) is 18.2 Å². The molecule has 0 atom stereocenters. The molecule has 0 unspecified atom stereocenters. The summed E-state index contributed by atoms with van der Waals surface area (Å²) in [5.41, 5.74) is -0.995. The molecular weight excluding hydrogens is 286 g/mol. The highest BCUT2D eigenvalue weighted by Gasteiger charge is 2.31. The molecule has 2 nitrogen and oxygen atoms in total. The molecule has 0 saturated heterocycles. The van der Waals surface area contributed by atoms with Gasteiger partial charge in [-0.15, -0.1) is 0 Å². The first kappa shape index (κ1) is 15.2. The smallest absolute Gasteiger partial charge is 0.416 e. The minimum absolute atomic E-state index is 0.0136. The fourth-order valence-corrected chi connectivity index (χ4v) is 1.71. The number of ether oxygens (including phenoxy) is 1. The average molecular weight is 299 g/mol. The third kappa shape index (κ3) is 4.37. The van der Waals surface area contributed by atoms with Crippen molar-refractivity contribution in [2.24, 2.45) is 0 Å². The molecular formula is C15H13F4NO. The van der Waals surface area contributed by atoms with Gasteiger partial charge in [-0.1, -0.05) is 18.2 Å². The Kier molecular flexibility index (Phi) is 4.67. The number of benzene rings is 2. The van der Waals surface area contributed by atoms with E-state index in [1.54, 1.807) is 12.1 Å². The Labute approximate surface area is 119 Å². The van der Waals surface area contributed by atoms with Crippen LogP contribution in [0.1, 0.15) is 5.56 Å². The van der Waals surface area contributed by atoms with E-state index < -0.39 is 17.6 Å². The number of hydrogen-bond donors (Lipinski definition) is 1. The summed E-state index contributed by atoms with van der Waals surface area (Å²) in [6.07, 6.45) is -4.55. The molecule has 0 spiro atoms. The molecule has 0 fully saturated rings. The highest BCUT2D eigenvalue weighted by Crippen LogP contribution is 2.31. The lowest BCUT2D eigenvalue weighted by Crippen LogP contribution is -2.13. The van der Waals surface area contributed by atoms with Crippen molar-refractivity contribution in [2.45, 2.75) is 6.18 Å². The summed E-state index contributed by atoms with van der Waals surface area (Å²) in [7, 11) is 0. The van der Waals surface area contributed by atoms with Gasteiger partial charge in [0, 0.05) is 6.54 Å². The monoisotopic (exact) mass is 299 g/mol. The predicted octanol–water partition coefficient (Wildman–Crippen LogP) is 4.34. The summed E-state index contributed by atoms with van der Waals surface area (Å²) in [4.78, 5) is 0. The fourth-order valence-electron chi connectivity index (χ4n) is 1.71. The topological polar surface area (TPSA) is 21.3 Å². The maximum Gasteiger partial charge on any atom is 0.416 e. The number of nitrogens with one attached hydrogen (secondary N) is 1. The molecule has 0 heterocycles. The van der Waals surface area contributed by atoms with Gasteiger partial charge in [0.25, 0.3) is 0 Å². The summed E-state index contributed by atoms with van der Waals surface area (Å²) < 4.78 is 56.1. The van der Waals surface area contributed by atoms with E-state index in [1.165, 1.54) is 0 Å². The lowest BCUT2D eigenvalue weighted by molar-refractivity contribution is -0.137. The number of halogens is 4. The highest BCUT2D eigenvalue weighted by molar-refractivity contribution is 5.46. The van der Waals surface area contributed by atoms with Crippen molar-refractivity contribution in [1.82, 2.24) is 0 Å². The lowest BCUT2D eigenvalue weighted by Gasteiger charge is -2.11. The quantitative estimate of drug-likeness (QED) is 0.655. The number of anilines is 1. The van der Waals surface area contributed by atoms with Crippen LogP contribution in [0.25, 0.3) is 0 Å². The third-order valence-corrected chi connectivity index (χ3v) is 2.73. The second-order valence-corrected chi connectivity index (χ2v) is 4.28. The van der Waals surface area contributed by atoms with E-state index in [1.807, 2.05) is 18.2 Å². The zero-order valence-electron chi connectivity index (χ0n) is 11.0. The Morgan fingerprint density at radius 2 is 1.71 bits per heavy atom. The molecule has 2 aromatic rings. The highest BCUT2D eigenvalue weighted by atomic mass is 19.4. The lowest BCUT2D eigenvalue weighted by atomic mass is 10.2. The van der Waals surface area contributed by atoms with Gasteiger partial charge in [-0.25, -0.2) is 4.39 Å². The van der Waals surface area contributed by atoms with Crippen LogP contribution in [0.4, 0.5) is 23.2 Å². The van der Waals surface area contributed by atoms with Crippen LogP contribution in [0, 0.1) is 5.82 Å². The molecule has 1 N–H and O–H groups in total. The van der Waals surface area contributed by atoms with Crippen LogP contribution in [0.3, 0.4) is 0 Å². The van der Waals surface area contributed by atoms with Crippen LogP contribution in [0.2, 0.25) is 0 Å². The van der Waals surface area contributed by atoms with Crippen LogP contribution in [0.5, 0.6) is 5.75 Å². The second-order valence-electron chi connectivity index (χ2n) is 4.28. The fraction of sp³-hybridized carbons (Fsp3) is 0.200. The molecule has 112 valence electrons. The summed E-state index contributed by atoms with van der Waals surface area (Å²) in [6, 6.07) is 11.4. The minimum atomic E-state index is -4.55. The van der Waals surface area contributed by atoms with Gasteiger partial charge in [0.05, 0.1) is 11.3 Å². The van der Waals surface area contributed by atoms with Gasteiger partial charge in [0.2, 0.25) is 0 Å². The van der Waals surface area contributed by atoms with E-state index in [4.69, 9.17) is 4.74 Å². The van der Waals surface area contributed by atoms with Crippen LogP contribution >= 0.6 is 0 Å². The van der Waals surface area contributed by atoms with E-state index in [9.17, 15) is 17.6 Å². The van der Waals surface area contributed by atoms with Crippen molar-refractivity contribution in [3.8, 4) is 5.75 Å². The van der Waals surface area contributed by atoms with Gasteiger partial charge in [-0.2, -0.15) is 13.2 Å². The molecule has 0 bridgehead atoms. The molecule has 6 heteroatoms. The van der Waals surface area contributed by atoms with E-state index >= 15 is 0 Å². The normalized spacial score (nSPS) is 11.2. The van der Waals surface area contributed by atoms with E-state index in [0.29, 0.717) is 11.8 Å². The van der Waals surface area contributed by atoms with Gasteiger partial charge < -0.3 is 10.1 Å². The Balaban J connectivity index is 1.86. The first-order chi connectivity index (χ1) is 9.97. The van der Waals surface area contributed by atoms with Crippen molar-refractivity contribution >= 4 is 5.69 Å². The summed E-state index contributed by atoms with van der Waals surface area (Å²) in [5.74, 6) is -0.267.